The molecule has 3 aromatic carbocycles. The predicted octanol–water partition coefficient (Wildman–Crippen LogP) is 3.75. The Balaban J connectivity index is 2.26. The third kappa shape index (κ3) is 2.72. The van der Waals surface area contributed by atoms with E-state index in [1.54, 1.807) is 0 Å². The lowest BCUT2D eigenvalue weighted by Crippen LogP contribution is -2.24. The van der Waals surface area contributed by atoms with Crippen molar-refractivity contribution in [3.05, 3.63) is 90.5 Å². The fraction of sp³-hybridized carbons (Fsp3) is 0.0526. The fourth-order valence-corrected chi connectivity index (χ4v) is 6.22. The van der Waals surface area contributed by atoms with E-state index in [1.807, 2.05) is 12.1 Å². The van der Waals surface area contributed by atoms with Gasteiger partial charge in [-0.05, 0) is 22.8 Å². The highest BCUT2D eigenvalue weighted by Gasteiger charge is 2.24. The van der Waals surface area contributed by atoms with Crippen LogP contribution in [0.1, 0.15) is 5.56 Å². The van der Waals surface area contributed by atoms with Crippen molar-refractivity contribution in [2.24, 2.45) is 0 Å². The Morgan fingerprint density at radius 3 is 1.38 bits per heavy atom. The van der Waals surface area contributed by atoms with Gasteiger partial charge >= 0.3 is 0 Å². The molecule has 0 bridgehead atoms. The quantitative estimate of drug-likeness (QED) is 0.664. The van der Waals surface area contributed by atoms with E-state index in [-0.39, 0.29) is 0 Å². The van der Waals surface area contributed by atoms with Gasteiger partial charge in [-0.1, -0.05) is 102 Å². The van der Waals surface area contributed by atoms with E-state index < -0.39 is 6.04 Å². The minimum atomic E-state index is -1.96. The summed E-state index contributed by atoms with van der Waals surface area (Å²) in [6.07, 6.45) is 0. The first-order chi connectivity index (χ1) is 10.2. The lowest BCUT2D eigenvalue weighted by molar-refractivity contribution is 1.49. The lowest BCUT2D eigenvalue weighted by Gasteiger charge is -2.24. The van der Waals surface area contributed by atoms with Crippen LogP contribution in [0.5, 0.6) is 0 Å². The number of rotatable bonds is 3. The fourth-order valence-electron chi connectivity index (χ4n) is 2.48. The van der Waals surface area contributed by atoms with Crippen molar-refractivity contribution in [1.82, 2.24) is 0 Å². The zero-order valence-electron chi connectivity index (χ0n) is 11.9. The highest BCUT2D eigenvalue weighted by atomic mass is 32.4. The molecule has 3 rings (SSSR count). The summed E-state index contributed by atoms with van der Waals surface area (Å²) in [4.78, 5) is 0. The molecule has 2 heteroatoms. The van der Waals surface area contributed by atoms with Gasteiger partial charge in [0.15, 0.2) is 0 Å². The number of hydrogen-bond acceptors (Lipinski definition) is 1. The van der Waals surface area contributed by atoms with Crippen LogP contribution in [0.15, 0.2) is 84.9 Å². The van der Waals surface area contributed by atoms with E-state index in [9.17, 15) is 0 Å². The highest BCUT2D eigenvalue weighted by molar-refractivity contribution is 8.25. The summed E-state index contributed by atoms with van der Waals surface area (Å²) in [5.41, 5.74) is 1.27. The number of benzene rings is 3. The summed E-state index contributed by atoms with van der Waals surface area (Å²) in [5.74, 6) is 0. The van der Waals surface area contributed by atoms with Gasteiger partial charge in [0.05, 0.1) is 0 Å². The van der Waals surface area contributed by atoms with Crippen molar-refractivity contribution in [1.29, 1.82) is 0 Å². The van der Waals surface area contributed by atoms with Gasteiger partial charge in [-0.2, -0.15) is 0 Å². The predicted molar refractivity (Wildman–Crippen MR) is 97.3 cm³/mol. The van der Waals surface area contributed by atoms with Crippen LogP contribution < -0.4 is 15.9 Å². The molecule has 21 heavy (non-hydrogen) atoms. The van der Waals surface area contributed by atoms with Gasteiger partial charge in [0, 0.05) is 6.04 Å². The number of hydrogen-bond donors (Lipinski definition) is 0. The van der Waals surface area contributed by atoms with Crippen molar-refractivity contribution < 1.29 is 0 Å². The second kappa shape index (κ2) is 5.97. The van der Waals surface area contributed by atoms with E-state index >= 15 is 0 Å². The summed E-state index contributed by atoms with van der Waals surface area (Å²) >= 11 is 6.26. The maximum Gasteiger partial charge on any atom is 0.0379 e. The normalized spacial score (nSPS) is 11.3. The summed E-state index contributed by atoms with van der Waals surface area (Å²) in [5, 5.41) is 3.74. The van der Waals surface area contributed by atoms with Crippen LogP contribution in [0.3, 0.4) is 0 Å². The molecule has 0 unspecified atom stereocenters. The van der Waals surface area contributed by atoms with E-state index in [0.717, 1.165) is 0 Å². The zero-order chi connectivity index (χ0) is 14.7. The maximum absolute atomic E-state index is 6.26. The van der Waals surface area contributed by atoms with E-state index in [4.69, 9.17) is 11.8 Å². The van der Waals surface area contributed by atoms with Crippen LogP contribution in [0.2, 0.25) is 0 Å². The van der Waals surface area contributed by atoms with E-state index in [1.165, 1.54) is 21.5 Å². The molecular weight excluding hydrogens is 291 g/mol. The molecule has 0 radical (unpaired) electrons. The molecule has 0 spiro atoms. The Kier molecular flexibility index (Phi) is 4.05. The van der Waals surface area contributed by atoms with Crippen LogP contribution >= 0.6 is 6.04 Å². The van der Waals surface area contributed by atoms with Gasteiger partial charge in [0.2, 0.25) is 0 Å². The van der Waals surface area contributed by atoms with Gasteiger partial charge < -0.3 is 0 Å². The molecule has 0 nitrogen and oxygen atoms in total. The topological polar surface area (TPSA) is 0 Å². The van der Waals surface area contributed by atoms with Crippen molar-refractivity contribution in [2.75, 3.05) is 0 Å². The molecule has 0 saturated carbocycles. The molecule has 0 saturated heterocycles. The Morgan fingerprint density at radius 2 is 0.952 bits per heavy atom. The molecular formula is C19H17PS. The molecule has 0 amide bonds. The molecule has 0 aromatic heterocycles. The summed E-state index contributed by atoms with van der Waals surface area (Å²) in [6, 6.07) is 27.8. The van der Waals surface area contributed by atoms with Crippen LogP contribution in [-0.2, 0) is 11.8 Å². The van der Waals surface area contributed by atoms with Crippen LogP contribution in [-0.4, -0.2) is 0 Å². The minimum absolute atomic E-state index is 1.25. The monoisotopic (exact) mass is 308 g/mol. The molecule has 0 aliphatic rings. The van der Waals surface area contributed by atoms with E-state index in [0.29, 0.717) is 0 Å². The van der Waals surface area contributed by atoms with Crippen LogP contribution in [0.4, 0.5) is 0 Å². The van der Waals surface area contributed by atoms with Crippen molar-refractivity contribution in [3.8, 4) is 0 Å². The maximum atomic E-state index is 6.26. The smallest absolute Gasteiger partial charge is 0.0379 e. The average molecular weight is 308 g/mol. The molecule has 104 valence electrons. The molecule has 0 atom stereocenters. The largest absolute Gasteiger partial charge is 0.0826 e. The summed E-state index contributed by atoms with van der Waals surface area (Å²) < 4.78 is 0. The Bertz CT molecular complexity index is 718. The first-order valence-corrected chi connectivity index (χ1v) is 9.80. The average Bonchev–Trinajstić information content (AvgIpc) is 2.56. The molecule has 3 aromatic rings. The first kappa shape index (κ1) is 14.3. The van der Waals surface area contributed by atoms with Gasteiger partial charge in [0.1, 0.15) is 0 Å². The van der Waals surface area contributed by atoms with Crippen molar-refractivity contribution in [2.45, 2.75) is 6.92 Å². The third-order valence-electron chi connectivity index (χ3n) is 3.64. The Morgan fingerprint density at radius 1 is 0.571 bits per heavy atom. The van der Waals surface area contributed by atoms with Gasteiger partial charge in [-0.15, -0.1) is 0 Å². The van der Waals surface area contributed by atoms with Crippen LogP contribution in [0, 0.1) is 6.92 Å². The van der Waals surface area contributed by atoms with Crippen molar-refractivity contribution >= 4 is 33.8 Å². The zero-order valence-corrected chi connectivity index (χ0v) is 13.6. The van der Waals surface area contributed by atoms with Crippen LogP contribution in [0.25, 0.3) is 0 Å². The summed E-state index contributed by atoms with van der Waals surface area (Å²) in [7, 11) is 0. The van der Waals surface area contributed by atoms with Crippen molar-refractivity contribution in [3.63, 3.8) is 0 Å². The second-order valence-electron chi connectivity index (χ2n) is 5.12. The second-order valence-corrected chi connectivity index (χ2v) is 9.53. The lowest BCUT2D eigenvalue weighted by atomic mass is 10.2. The molecule has 0 fully saturated rings. The molecule has 0 heterocycles. The van der Waals surface area contributed by atoms with Gasteiger partial charge in [0.25, 0.3) is 0 Å². The summed E-state index contributed by atoms with van der Waals surface area (Å²) in [6.45, 7) is 2.11. The molecule has 0 N–H and O–H groups in total. The van der Waals surface area contributed by atoms with Gasteiger partial charge in [-0.3, -0.25) is 0 Å². The minimum Gasteiger partial charge on any atom is -0.0826 e. The number of aryl methyl sites for hydroxylation is 1. The first-order valence-electron chi connectivity index (χ1n) is 7.00. The van der Waals surface area contributed by atoms with Gasteiger partial charge in [-0.25, -0.2) is 0 Å². The Hall–Kier alpha value is -1.69. The van der Waals surface area contributed by atoms with E-state index in [2.05, 4.69) is 79.7 Å². The molecule has 0 aliphatic carbocycles. The standard InChI is InChI=1S/C19H17PS/c1-16-12-14-19(15-13-16)20(21,17-8-4-2-5-9-17)18-10-6-3-7-11-18/h2-15H,1H3. The highest BCUT2D eigenvalue weighted by Crippen LogP contribution is 2.42. The SMILES string of the molecule is Cc1ccc(P(=S)(c2ccccc2)c2ccccc2)cc1. The molecule has 0 aliphatic heterocycles. The third-order valence-corrected chi connectivity index (χ3v) is 8.61. The Labute approximate surface area is 131 Å².